The molecule has 1 aliphatic rings. The number of nitrogens with zero attached hydrogens (tertiary/aromatic N) is 1. The highest BCUT2D eigenvalue weighted by molar-refractivity contribution is 6.72. The van der Waals surface area contributed by atoms with Crippen LogP contribution < -0.4 is 0 Å². The minimum absolute atomic E-state index is 0.818. The van der Waals surface area contributed by atoms with Gasteiger partial charge in [0, 0.05) is 18.8 Å². The van der Waals surface area contributed by atoms with Crippen molar-refractivity contribution in [1.29, 1.82) is 0 Å². The number of hydrogen-bond acceptors (Lipinski definition) is 3. The number of allylic oxidation sites excluding steroid dienone is 1. The van der Waals surface area contributed by atoms with Crippen LogP contribution in [0.2, 0.25) is 18.6 Å². The summed E-state index contributed by atoms with van der Waals surface area (Å²) in [5.74, 6) is 0. The molecule has 0 aromatic heterocycles. The van der Waals surface area contributed by atoms with E-state index in [2.05, 4.69) is 61.9 Å². The van der Waals surface area contributed by atoms with Gasteiger partial charge in [-0.15, -0.1) is 0 Å². The topological polar surface area (TPSA) is 21.7 Å². The predicted octanol–water partition coefficient (Wildman–Crippen LogP) is 4.42. The fourth-order valence-electron chi connectivity index (χ4n) is 2.69. The van der Waals surface area contributed by atoms with Crippen molar-refractivity contribution in [1.82, 2.24) is 4.90 Å². The molecule has 1 fully saturated rings. The number of hydrogen-bond donors (Lipinski definition) is 0. The van der Waals surface area contributed by atoms with Crippen molar-refractivity contribution in [3.8, 4) is 0 Å². The second kappa shape index (κ2) is 9.14. The molecule has 23 heavy (non-hydrogen) atoms. The Labute approximate surface area is 142 Å². The number of morpholine rings is 1. The summed E-state index contributed by atoms with van der Waals surface area (Å²) in [6.45, 7) is 10.4. The largest absolute Gasteiger partial charge is 0.548 e. The van der Waals surface area contributed by atoms with Gasteiger partial charge in [0.1, 0.15) is 0 Å². The third-order valence-electron chi connectivity index (χ3n) is 4.91. The average Bonchev–Trinajstić information content (AvgIpc) is 2.63. The second-order valence-corrected chi connectivity index (χ2v) is 11.0. The third kappa shape index (κ3) is 5.70. The summed E-state index contributed by atoms with van der Waals surface area (Å²) in [7, 11) is -1.57. The van der Waals surface area contributed by atoms with Crippen LogP contribution in [0.5, 0.6) is 0 Å². The molecule has 0 saturated carbocycles. The third-order valence-corrected chi connectivity index (χ3v) is 8.58. The molecule has 1 aromatic carbocycles. The molecule has 0 spiro atoms. The van der Waals surface area contributed by atoms with Crippen molar-refractivity contribution in [3.63, 3.8) is 0 Å². The van der Waals surface area contributed by atoms with E-state index in [-0.39, 0.29) is 0 Å². The SMILES string of the molecule is CC[Si](C)(CC)O/C=C(/CCc1ccccc1)N1CCOCC1. The van der Waals surface area contributed by atoms with Crippen molar-refractivity contribution in [3.05, 3.63) is 47.9 Å². The molecule has 128 valence electrons. The molecule has 0 aliphatic carbocycles. The Morgan fingerprint density at radius 3 is 2.43 bits per heavy atom. The van der Waals surface area contributed by atoms with Gasteiger partial charge in [-0.25, -0.2) is 0 Å². The maximum Gasteiger partial charge on any atom is 0.247 e. The molecule has 0 radical (unpaired) electrons. The van der Waals surface area contributed by atoms with Crippen LogP contribution in [-0.4, -0.2) is 39.5 Å². The van der Waals surface area contributed by atoms with E-state index in [4.69, 9.17) is 9.16 Å². The van der Waals surface area contributed by atoms with Crippen LogP contribution in [0, 0.1) is 0 Å². The summed E-state index contributed by atoms with van der Waals surface area (Å²) < 4.78 is 11.8. The lowest BCUT2D eigenvalue weighted by molar-refractivity contribution is 0.0509. The number of benzene rings is 1. The van der Waals surface area contributed by atoms with E-state index in [9.17, 15) is 0 Å². The van der Waals surface area contributed by atoms with Crippen molar-refractivity contribution >= 4 is 8.32 Å². The molecule has 1 heterocycles. The van der Waals surface area contributed by atoms with Gasteiger partial charge in [-0.05, 0) is 37.0 Å². The van der Waals surface area contributed by atoms with Crippen LogP contribution in [0.1, 0.15) is 25.8 Å². The van der Waals surface area contributed by atoms with E-state index in [1.54, 1.807) is 0 Å². The van der Waals surface area contributed by atoms with Crippen LogP contribution in [-0.2, 0) is 15.6 Å². The van der Waals surface area contributed by atoms with Gasteiger partial charge in [0.05, 0.1) is 19.5 Å². The summed E-state index contributed by atoms with van der Waals surface area (Å²) in [5, 5.41) is 0. The van der Waals surface area contributed by atoms with Crippen LogP contribution in [0.25, 0.3) is 0 Å². The fourth-order valence-corrected chi connectivity index (χ4v) is 3.94. The van der Waals surface area contributed by atoms with E-state index in [0.29, 0.717) is 0 Å². The van der Waals surface area contributed by atoms with Crippen LogP contribution >= 0.6 is 0 Å². The smallest absolute Gasteiger partial charge is 0.247 e. The normalized spacial score (nSPS) is 16.5. The average molecular weight is 334 g/mol. The lowest BCUT2D eigenvalue weighted by atomic mass is 10.1. The zero-order chi connectivity index (χ0) is 16.5. The zero-order valence-electron chi connectivity index (χ0n) is 14.9. The zero-order valence-corrected chi connectivity index (χ0v) is 15.9. The lowest BCUT2D eigenvalue weighted by Crippen LogP contribution is -2.37. The van der Waals surface area contributed by atoms with Gasteiger partial charge >= 0.3 is 0 Å². The number of aryl methyl sites for hydroxylation is 1. The number of ether oxygens (including phenoxy) is 1. The molecular weight excluding hydrogens is 302 g/mol. The number of rotatable bonds is 8. The standard InChI is InChI=1S/C19H31NO2Si/c1-4-23(3,5-2)22-17-19(20-13-15-21-16-14-20)12-11-18-9-7-6-8-10-18/h6-10,17H,4-5,11-16H2,1-3H3/b19-17-. The molecule has 3 nitrogen and oxygen atoms in total. The first-order chi connectivity index (χ1) is 11.2. The van der Waals surface area contributed by atoms with Crippen molar-refractivity contribution < 1.29 is 9.16 Å². The monoisotopic (exact) mass is 333 g/mol. The second-order valence-electron chi connectivity index (χ2n) is 6.47. The molecule has 0 bridgehead atoms. The highest BCUT2D eigenvalue weighted by Gasteiger charge is 2.25. The Morgan fingerprint density at radius 1 is 1.17 bits per heavy atom. The van der Waals surface area contributed by atoms with Crippen molar-refractivity contribution in [2.45, 2.75) is 45.3 Å². The maximum absolute atomic E-state index is 6.33. The van der Waals surface area contributed by atoms with E-state index in [0.717, 1.165) is 51.2 Å². The minimum atomic E-state index is -1.57. The first kappa shape index (κ1) is 18.1. The molecule has 0 N–H and O–H groups in total. The van der Waals surface area contributed by atoms with Gasteiger partial charge in [-0.2, -0.15) is 0 Å². The summed E-state index contributed by atoms with van der Waals surface area (Å²) in [6, 6.07) is 13.0. The molecule has 2 rings (SSSR count). The van der Waals surface area contributed by atoms with Gasteiger partial charge in [0.15, 0.2) is 0 Å². The molecule has 0 atom stereocenters. The Morgan fingerprint density at radius 2 is 1.83 bits per heavy atom. The van der Waals surface area contributed by atoms with Gasteiger partial charge < -0.3 is 14.1 Å². The van der Waals surface area contributed by atoms with E-state index >= 15 is 0 Å². The quantitative estimate of drug-likeness (QED) is 0.519. The van der Waals surface area contributed by atoms with E-state index in [1.807, 2.05) is 0 Å². The van der Waals surface area contributed by atoms with E-state index in [1.165, 1.54) is 11.3 Å². The van der Waals surface area contributed by atoms with Crippen LogP contribution in [0.3, 0.4) is 0 Å². The summed E-state index contributed by atoms with van der Waals surface area (Å²) in [6.07, 6.45) is 4.17. The Hall–Kier alpha value is -1.26. The molecule has 0 unspecified atom stereocenters. The summed E-state index contributed by atoms with van der Waals surface area (Å²) >= 11 is 0. The Balaban J connectivity index is 2.04. The van der Waals surface area contributed by atoms with E-state index < -0.39 is 8.32 Å². The molecule has 4 heteroatoms. The van der Waals surface area contributed by atoms with Gasteiger partial charge in [0.2, 0.25) is 8.32 Å². The molecule has 0 amide bonds. The van der Waals surface area contributed by atoms with Gasteiger partial charge in [0.25, 0.3) is 0 Å². The first-order valence-electron chi connectivity index (χ1n) is 8.90. The predicted molar refractivity (Wildman–Crippen MR) is 98.9 cm³/mol. The fraction of sp³-hybridized carbons (Fsp3) is 0.579. The summed E-state index contributed by atoms with van der Waals surface area (Å²) in [5.41, 5.74) is 2.72. The maximum atomic E-state index is 6.33. The minimum Gasteiger partial charge on any atom is -0.548 e. The highest BCUT2D eigenvalue weighted by Crippen LogP contribution is 2.21. The molecule has 1 aliphatic heterocycles. The van der Waals surface area contributed by atoms with Crippen molar-refractivity contribution in [2.24, 2.45) is 0 Å². The van der Waals surface area contributed by atoms with Crippen LogP contribution in [0.15, 0.2) is 42.3 Å². The van der Waals surface area contributed by atoms with Gasteiger partial charge in [-0.1, -0.05) is 44.2 Å². The Bertz CT molecular complexity index is 479. The van der Waals surface area contributed by atoms with Crippen LogP contribution in [0.4, 0.5) is 0 Å². The molecular formula is C19H31NO2Si. The van der Waals surface area contributed by atoms with Crippen molar-refractivity contribution in [2.75, 3.05) is 26.3 Å². The summed E-state index contributed by atoms with van der Waals surface area (Å²) in [4.78, 5) is 2.44. The Kier molecular flexibility index (Phi) is 7.18. The van der Waals surface area contributed by atoms with Gasteiger partial charge in [-0.3, -0.25) is 0 Å². The first-order valence-corrected chi connectivity index (χ1v) is 11.7. The highest BCUT2D eigenvalue weighted by atomic mass is 28.4. The molecule has 1 saturated heterocycles. The molecule has 1 aromatic rings. The lowest BCUT2D eigenvalue weighted by Gasteiger charge is -2.32.